The van der Waals surface area contributed by atoms with Crippen LogP contribution >= 0.6 is 0 Å². The molecule has 2 aromatic carbocycles. The van der Waals surface area contributed by atoms with E-state index in [1.54, 1.807) is 7.05 Å². The van der Waals surface area contributed by atoms with Crippen molar-refractivity contribution in [1.82, 2.24) is 20.4 Å². The SMILES string of the molecule is Cn1ncc(CNC(=O)OCC2c3ccccc3-c3ccccc32)c1C(=O)NC1CC(C(=O)O)C1. The van der Waals surface area contributed by atoms with E-state index in [2.05, 4.69) is 40.0 Å². The molecule has 9 heteroatoms. The van der Waals surface area contributed by atoms with Crippen LogP contribution in [0.15, 0.2) is 54.7 Å². The number of fused-ring (bicyclic) bond motifs is 3. The molecule has 2 aliphatic rings. The molecule has 0 saturated heterocycles. The minimum atomic E-state index is -0.844. The highest BCUT2D eigenvalue weighted by Crippen LogP contribution is 2.44. The lowest BCUT2D eigenvalue weighted by Gasteiger charge is -2.32. The Kier molecular flexibility index (Phi) is 5.98. The quantitative estimate of drug-likeness (QED) is 0.484. The van der Waals surface area contributed by atoms with Gasteiger partial charge in [0, 0.05) is 24.6 Å². The monoisotopic (exact) mass is 474 g/mol. The van der Waals surface area contributed by atoms with E-state index in [1.807, 2.05) is 24.3 Å². The Labute approximate surface area is 202 Å². The zero-order valence-corrected chi connectivity index (χ0v) is 19.2. The number of carbonyl (C=O) groups is 3. The molecule has 0 spiro atoms. The molecule has 0 bridgehead atoms. The summed E-state index contributed by atoms with van der Waals surface area (Å²) >= 11 is 0. The lowest BCUT2D eigenvalue weighted by molar-refractivity contribution is -0.145. The van der Waals surface area contributed by atoms with E-state index in [0.717, 1.165) is 22.3 Å². The van der Waals surface area contributed by atoms with Gasteiger partial charge in [0.2, 0.25) is 0 Å². The maximum atomic E-state index is 12.7. The molecule has 1 aromatic heterocycles. The minimum Gasteiger partial charge on any atom is -0.481 e. The highest BCUT2D eigenvalue weighted by Gasteiger charge is 2.36. The minimum absolute atomic E-state index is 0.0371. The summed E-state index contributed by atoms with van der Waals surface area (Å²) in [5.74, 6) is -1.64. The van der Waals surface area contributed by atoms with E-state index in [9.17, 15) is 14.4 Å². The van der Waals surface area contributed by atoms with Gasteiger partial charge in [-0.25, -0.2) is 4.79 Å². The highest BCUT2D eigenvalue weighted by atomic mass is 16.5. The third-order valence-electron chi connectivity index (χ3n) is 6.82. The molecule has 1 saturated carbocycles. The summed E-state index contributed by atoms with van der Waals surface area (Å²) in [7, 11) is 1.65. The van der Waals surface area contributed by atoms with Gasteiger partial charge >= 0.3 is 12.1 Å². The number of aromatic nitrogens is 2. The number of rotatable bonds is 7. The average molecular weight is 475 g/mol. The Hall–Kier alpha value is -4.14. The third kappa shape index (κ3) is 4.37. The molecule has 0 atom stereocenters. The van der Waals surface area contributed by atoms with Crippen molar-refractivity contribution in [3.63, 3.8) is 0 Å². The maximum absolute atomic E-state index is 12.7. The average Bonchev–Trinajstić information content (AvgIpc) is 3.35. The number of hydrogen-bond donors (Lipinski definition) is 3. The summed E-state index contributed by atoms with van der Waals surface area (Å²) < 4.78 is 7.00. The van der Waals surface area contributed by atoms with Gasteiger partial charge in [-0.3, -0.25) is 14.3 Å². The lowest BCUT2D eigenvalue weighted by atomic mass is 9.80. The molecular weight excluding hydrogens is 448 g/mol. The second kappa shape index (κ2) is 9.25. The van der Waals surface area contributed by atoms with E-state index in [4.69, 9.17) is 9.84 Å². The molecule has 2 aliphatic carbocycles. The van der Waals surface area contributed by atoms with Crippen molar-refractivity contribution >= 4 is 18.0 Å². The Bertz CT molecular complexity index is 1250. The fourth-order valence-corrected chi connectivity index (χ4v) is 4.91. The summed E-state index contributed by atoms with van der Waals surface area (Å²) in [6.45, 7) is 0.280. The first-order valence-electron chi connectivity index (χ1n) is 11.6. The fraction of sp³-hybridized carbons (Fsp3) is 0.308. The van der Waals surface area contributed by atoms with Gasteiger partial charge in [0.1, 0.15) is 12.3 Å². The number of nitrogens with zero attached hydrogens (tertiary/aromatic N) is 2. The number of nitrogens with one attached hydrogen (secondary N) is 2. The second-order valence-electron chi connectivity index (χ2n) is 9.00. The molecule has 5 rings (SSSR count). The number of aliphatic carboxylic acids is 1. The van der Waals surface area contributed by atoms with Gasteiger partial charge in [-0.15, -0.1) is 0 Å². The number of alkyl carbamates (subject to hydrolysis) is 1. The molecule has 9 nitrogen and oxygen atoms in total. The first-order chi connectivity index (χ1) is 16.9. The molecule has 0 radical (unpaired) electrons. The van der Waals surface area contributed by atoms with Gasteiger partial charge in [0.15, 0.2) is 0 Å². The number of carboxylic acids is 1. The predicted octanol–water partition coefficient (Wildman–Crippen LogP) is 3.05. The lowest BCUT2D eigenvalue weighted by Crippen LogP contribution is -2.47. The van der Waals surface area contributed by atoms with Crippen LogP contribution in [0.4, 0.5) is 4.79 Å². The molecule has 2 amide bonds. The summed E-state index contributed by atoms with van der Waals surface area (Å²) in [6.07, 6.45) is 1.77. The van der Waals surface area contributed by atoms with Crippen LogP contribution in [0, 0.1) is 5.92 Å². The van der Waals surface area contributed by atoms with Crippen molar-refractivity contribution in [3.05, 3.63) is 77.1 Å². The van der Waals surface area contributed by atoms with Crippen molar-refractivity contribution in [2.45, 2.75) is 31.3 Å². The van der Waals surface area contributed by atoms with Gasteiger partial charge in [0.05, 0.1) is 18.7 Å². The normalized spacial score (nSPS) is 18.2. The van der Waals surface area contributed by atoms with Gasteiger partial charge in [0.25, 0.3) is 5.91 Å². The van der Waals surface area contributed by atoms with Crippen LogP contribution in [0.5, 0.6) is 0 Å². The molecule has 1 heterocycles. The molecule has 1 fully saturated rings. The van der Waals surface area contributed by atoms with Crippen molar-refractivity contribution in [3.8, 4) is 11.1 Å². The molecule has 3 aromatic rings. The van der Waals surface area contributed by atoms with Crippen LogP contribution in [0.2, 0.25) is 0 Å². The highest BCUT2D eigenvalue weighted by molar-refractivity contribution is 5.94. The Morgan fingerprint density at radius 3 is 2.31 bits per heavy atom. The Morgan fingerprint density at radius 2 is 1.69 bits per heavy atom. The topological polar surface area (TPSA) is 123 Å². The van der Waals surface area contributed by atoms with Gasteiger partial charge in [-0.1, -0.05) is 48.5 Å². The molecule has 0 unspecified atom stereocenters. The number of carboxylic acid groups (broad SMARTS) is 1. The summed E-state index contributed by atoms with van der Waals surface area (Å²) in [5, 5.41) is 18.7. The van der Waals surface area contributed by atoms with E-state index < -0.39 is 18.0 Å². The van der Waals surface area contributed by atoms with Crippen LogP contribution in [0.3, 0.4) is 0 Å². The summed E-state index contributed by atoms with van der Waals surface area (Å²) in [5.41, 5.74) is 5.45. The maximum Gasteiger partial charge on any atom is 0.407 e. The number of hydrogen-bond acceptors (Lipinski definition) is 5. The van der Waals surface area contributed by atoms with E-state index in [-0.39, 0.29) is 31.0 Å². The van der Waals surface area contributed by atoms with E-state index in [0.29, 0.717) is 24.1 Å². The zero-order chi connectivity index (χ0) is 24.5. The van der Waals surface area contributed by atoms with Gasteiger partial charge in [-0.2, -0.15) is 5.10 Å². The van der Waals surface area contributed by atoms with Crippen molar-refractivity contribution < 1.29 is 24.2 Å². The van der Waals surface area contributed by atoms with Gasteiger partial charge < -0.3 is 20.5 Å². The number of benzene rings is 2. The second-order valence-corrected chi connectivity index (χ2v) is 9.00. The van der Waals surface area contributed by atoms with Crippen molar-refractivity contribution in [2.75, 3.05) is 6.61 Å². The van der Waals surface area contributed by atoms with Crippen LogP contribution in [-0.2, 0) is 23.1 Å². The molecule has 180 valence electrons. The number of amides is 2. The molecule has 3 N–H and O–H groups in total. The largest absolute Gasteiger partial charge is 0.481 e. The van der Waals surface area contributed by atoms with Crippen molar-refractivity contribution in [1.29, 1.82) is 0 Å². The first kappa shape index (κ1) is 22.6. The van der Waals surface area contributed by atoms with Gasteiger partial charge in [-0.05, 0) is 35.1 Å². The number of ether oxygens (including phenoxy) is 1. The molecule has 35 heavy (non-hydrogen) atoms. The Balaban J connectivity index is 1.18. The van der Waals surface area contributed by atoms with Crippen LogP contribution in [-0.4, -0.2) is 45.5 Å². The standard InChI is InChI=1S/C26H26N4O5/c1-30-23(24(31)29-17-10-15(11-17)25(32)33)16(13-28-30)12-27-26(34)35-14-22-20-8-4-2-6-18(20)19-7-3-5-9-21(19)22/h2-9,13,15,17,22H,10-12,14H2,1H3,(H,27,34)(H,29,31)(H,32,33). The summed E-state index contributed by atoms with van der Waals surface area (Å²) in [4.78, 5) is 36.2. The smallest absolute Gasteiger partial charge is 0.407 e. The van der Waals surface area contributed by atoms with Crippen molar-refractivity contribution in [2.24, 2.45) is 13.0 Å². The zero-order valence-electron chi connectivity index (χ0n) is 19.2. The molecule has 0 aliphatic heterocycles. The van der Waals surface area contributed by atoms with E-state index >= 15 is 0 Å². The fourth-order valence-electron chi connectivity index (χ4n) is 4.91. The summed E-state index contributed by atoms with van der Waals surface area (Å²) in [6, 6.07) is 16.1. The van der Waals surface area contributed by atoms with E-state index in [1.165, 1.54) is 10.9 Å². The van der Waals surface area contributed by atoms with Crippen LogP contribution < -0.4 is 10.6 Å². The van der Waals surface area contributed by atoms with Crippen LogP contribution in [0.25, 0.3) is 11.1 Å². The van der Waals surface area contributed by atoms with Crippen LogP contribution in [0.1, 0.15) is 45.9 Å². The predicted molar refractivity (Wildman–Crippen MR) is 127 cm³/mol. The Morgan fingerprint density at radius 1 is 1.06 bits per heavy atom. The number of aryl methyl sites for hydroxylation is 1. The number of carbonyl (C=O) groups excluding carboxylic acids is 2. The molecular formula is C26H26N4O5. The third-order valence-corrected chi connectivity index (χ3v) is 6.82. The first-order valence-corrected chi connectivity index (χ1v) is 11.6.